The molecule has 0 bridgehead atoms. The summed E-state index contributed by atoms with van der Waals surface area (Å²) in [6.07, 6.45) is 3.64. The van der Waals surface area contributed by atoms with E-state index in [0.717, 1.165) is 11.4 Å². The lowest BCUT2D eigenvalue weighted by molar-refractivity contribution is 0.613. The van der Waals surface area contributed by atoms with Crippen LogP contribution in [0.4, 0.5) is 0 Å². The first-order chi connectivity index (χ1) is 6.27. The Labute approximate surface area is 83.9 Å². The highest BCUT2D eigenvalue weighted by atomic mass is 35.5. The van der Waals surface area contributed by atoms with E-state index in [4.69, 9.17) is 17.3 Å². The monoisotopic (exact) mass is 195 g/mol. The summed E-state index contributed by atoms with van der Waals surface area (Å²) >= 11 is 5.82. The standard InChI is InChI=1S/C11H14ClN/c12-9-6-4-8(5-7-9)10-2-1-3-11(10)13/h4-7,10-11H,1-3,13H2/t10-,11-/m1/s1. The molecule has 1 aliphatic carbocycles. The van der Waals surface area contributed by atoms with Crippen molar-refractivity contribution in [1.29, 1.82) is 0 Å². The van der Waals surface area contributed by atoms with Gasteiger partial charge in [0.05, 0.1) is 0 Å². The third-order valence-electron chi connectivity index (χ3n) is 2.87. The van der Waals surface area contributed by atoms with Crippen LogP contribution in [0.15, 0.2) is 24.3 Å². The Balaban J connectivity index is 2.20. The van der Waals surface area contributed by atoms with Gasteiger partial charge in [-0.2, -0.15) is 0 Å². The van der Waals surface area contributed by atoms with E-state index in [9.17, 15) is 0 Å². The third kappa shape index (κ3) is 1.87. The SMILES string of the molecule is N[C@@H]1CCC[C@@H]1c1ccc(Cl)cc1. The minimum atomic E-state index is 0.348. The molecule has 1 aromatic rings. The molecule has 1 fully saturated rings. The smallest absolute Gasteiger partial charge is 0.0406 e. The van der Waals surface area contributed by atoms with Crippen molar-refractivity contribution in [3.8, 4) is 0 Å². The van der Waals surface area contributed by atoms with Crippen molar-refractivity contribution in [3.05, 3.63) is 34.9 Å². The van der Waals surface area contributed by atoms with E-state index in [1.54, 1.807) is 0 Å². The molecule has 0 spiro atoms. The molecule has 1 nitrogen and oxygen atoms in total. The quantitative estimate of drug-likeness (QED) is 0.733. The van der Waals surface area contributed by atoms with Crippen LogP contribution < -0.4 is 5.73 Å². The van der Waals surface area contributed by atoms with Crippen LogP contribution in [-0.4, -0.2) is 6.04 Å². The summed E-state index contributed by atoms with van der Waals surface area (Å²) in [4.78, 5) is 0. The van der Waals surface area contributed by atoms with Crippen LogP contribution in [0.25, 0.3) is 0 Å². The maximum absolute atomic E-state index is 6.02. The van der Waals surface area contributed by atoms with Crippen molar-refractivity contribution < 1.29 is 0 Å². The Morgan fingerprint density at radius 2 is 1.85 bits per heavy atom. The van der Waals surface area contributed by atoms with Crippen molar-refractivity contribution in [3.63, 3.8) is 0 Å². The Morgan fingerprint density at radius 1 is 1.15 bits per heavy atom. The largest absolute Gasteiger partial charge is 0.327 e. The molecule has 2 heteroatoms. The summed E-state index contributed by atoms with van der Waals surface area (Å²) in [5.74, 6) is 0.553. The van der Waals surface area contributed by atoms with Crippen LogP contribution >= 0.6 is 11.6 Å². The molecule has 0 unspecified atom stereocenters. The number of rotatable bonds is 1. The van der Waals surface area contributed by atoms with Crippen LogP contribution in [-0.2, 0) is 0 Å². The molecule has 1 saturated carbocycles. The van der Waals surface area contributed by atoms with E-state index >= 15 is 0 Å². The summed E-state index contributed by atoms with van der Waals surface area (Å²) in [6.45, 7) is 0. The Kier molecular flexibility index (Phi) is 2.56. The van der Waals surface area contributed by atoms with E-state index in [0.29, 0.717) is 12.0 Å². The first-order valence-electron chi connectivity index (χ1n) is 4.78. The van der Waals surface area contributed by atoms with Gasteiger partial charge in [-0.15, -0.1) is 0 Å². The molecule has 0 amide bonds. The molecule has 2 atom stereocenters. The molecular weight excluding hydrogens is 182 g/mol. The zero-order chi connectivity index (χ0) is 9.26. The van der Waals surface area contributed by atoms with Gasteiger partial charge in [0.15, 0.2) is 0 Å². The van der Waals surface area contributed by atoms with Crippen molar-refractivity contribution in [2.75, 3.05) is 0 Å². The highest BCUT2D eigenvalue weighted by Crippen LogP contribution is 2.33. The van der Waals surface area contributed by atoms with Gasteiger partial charge in [-0.05, 0) is 36.5 Å². The minimum Gasteiger partial charge on any atom is -0.327 e. The van der Waals surface area contributed by atoms with Crippen molar-refractivity contribution >= 4 is 11.6 Å². The zero-order valence-electron chi connectivity index (χ0n) is 7.54. The molecule has 70 valence electrons. The summed E-state index contributed by atoms with van der Waals surface area (Å²) in [5.41, 5.74) is 7.36. The Bertz CT molecular complexity index is 281. The van der Waals surface area contributed by atoms with Gasteiger partial charge in [0, 0.05) is 11.1 Å². The zero-order valence-corrected chi connectivity index (χ0v) is 8.30. The predicted octanol–water partition coefficient (Wildman–Crippen LogP) is 2.93. The lowest BCUT2D eigenvalue weighted by Crippen LogP contribution is -2.22. The third-order valence-corrected chi connectivity index (χ3v) is 3.12. The van der Waals surface area contributed by atoms with Gasteiger partial charge in [-0.25, -0.2) is 0 Å². The number of hydrogen-bond donors (Lipinski definition) is 1. The minimum absolute atomic E-state index is 0.348. The maximum Gasteiger partial charge on any atom is 0.0406 e. The normalized spacial score (nSPS) is 27.8. The first kappa shape index (κ1) is 9.04. The molecule has 0 radical (unpaired) electrons. The molecule has 1 aromatic carbocycles. The van der Waals surface area contributed by atoms with E-state index in [1.807, 2.05) is 12.1 Å². The molecule has 0 aliphatic heterocycles. The summed E-state index contributed by atoms with van der Waals surface area (Å²) in [6, 6.07) is 8.43. The number of hydrogen-bond acceptors (Lipinski definition) is 1. The number of nitrogens with two attached hydrogens (primary N) is 1. The highest BCUT2D eigenvalue weighted by Gasteiger charge is 2.24. The Morgan fingerprint density at radius 3 is 2.38 bits per heavy atom. The molecule has 1 aliphatic rings. The van der Waals surface area contributed by atoms with Crippen LogP contribution in [0.2, 0.25) is 5.02 Å². The van der Waals surface area contributed by atoms with Gasteiger partial charge in [0.1, 0.15) is 0 Å². The van der Waals surface area contributed by atoms with Crippen LogP contribution in [0.5, 0.6) is 0 Å². The molecule has 2 rings (SSSR count). The van der Waals surface area contributed by atoms with Gasteiger partial charge < -0.3 is 5.73 Å². The summed E-state index contributed by atoms with van der Waals surface area (Å²) in [5, 5.41) is 0.801. The van der Waals surface area contributed by atoms with E-state index < -0.39 is 0 Å². The van der Waals surface area contributed by atoms with Gasteiger partial charge >= 0.3 is 0 Å². The average molecular weight is 196 g/mol. The van der Waals surface area contributed by atoms with Crippen molar-refractivity contribution in [2.24, 2.45) is 5.73 Å². The van der Waals surface area contributed by atoms with Crippen LogP contribution in [0, 0.1) is 0 Å². The van der Waals surface area contributed by atoms with Gasteiger partial charge in [-0.1, -0.05) is 30.2 Å². The lowest BCUT2D eigenvalue weighted by Gasteiger charge is -2.15. The van der Waals surface area contributed by atoms with Gasteiger partial charge in [-0.3, -0.25) is 0 Å². The predicted molar refractivity (Wildman–Crippen MR) is 56.0 cm³/mol. The maximum atomic E-state index is 6.02. The molecular formula is C11H14ClN. The van der Waals surface area contributed by atoms with Gasteiger partial charge in [0.2, 0.25) is 0 Å². The second-order valence-corrected chi connectivity index (χ2v) is 4.19. The topological polar surface area (TPSA) is 26.0 Å². The average Bonchev–Trinajstić information content (AvgIpc) is 2.53. The second kappa shape index (κ2) is 3.69. The molecule has 0 aromatic heterocycles. The van der Waals surface area contributed by atoms with E-state index in [1.165, 1.54) is 18.4 Å². The molecule has 0 heterocycles. The van der Waals surface area contributed by atoms with Crippen molar-refractivity contribution in [1.82, 2.24) is 0 Å². The molecule has 2 N–H and O–H groups in total. The van der Waals surface area contributed by atoms with Crippen molar-refractivity contribution in [2.45, 2.75) is 31.2 Å². The van der Waals surface area contributed by atoms with Crippen LogP contribution in [0.3, 0.4) is 0 Å². The van der Waals surface area contributed by atoms with Gasteiger partial charge in [0.25, 0.3) is 0 Å². The van der Waals surface area contributed by atoms with E-state index in [2.05, 4.69) is 12.1 Å². The lowest BCUT2D eigenvalue weighted by atomic mass is 9.95. The van der Waals surface area contributed by atoms with E-state index in [-0.39, 0.29) is 0 Å². The Hall–Kier alpha value is -0.530. The summed E-state index contributed by atoms with van der Waals surface area (Å²) in [7, 11) is 0. The molecule has 13 heavy (non-hydrogen) atoms. The van der Waals surface area contributed by atoms with Crippen LogP contribution in [0.1, 0.15) is 30.7 Å². The fourth-order valence-corrected chi connectivity index (χ4v) is 2.24. The fraction of sp³-hybridized carbons (Fsp3) is 0.455. The fourth-order valence-electron chi connectivity index (χ4n) is 2.11. The number of benzene rings is 1. The molecule has 0 saturated heterocycles. The first-order valence-corrected chi connectivity index (χ1v) is 5.16. The summed E-state index contributed by atoms with van der Waals surface area (Å²) < 4.78 is 0. The highest BCUT2D eigenvalue weighted by molar-refractivity contribution is 6.30. The number of halogens is 1. The second-order valence-electron chi connectivity index (χ2n) is 3.75.